The zero-order valence-electron chi connectivity index (χ0n) is 13.4. The molecule has 0 unspecified atom stereocenters. The highest BCUT2D eigenvalue weighted by atomic mass is 32.2. The number of hydrogen-bond acceptors (Lipinski definition) is 7. The van der Waals surface area contributed by atoms with Crippen LogP contribution in [0.4, 0.5) is 5.00 Å². The second-order valence-corrected chi connectivity index (χ2v) is 7.45. The quantitative estimate of drug-likeness (QED) is 0.578. The van der Waals surface area contributed by atoms with Gasteiger partial charge < -0.3 is 10.1 Å². The highest BCUT2D eigenvalue weighted by molar-refractivity contribution is 7.99. The fraction of sp³-hybridized carbons (Fsp3) is 0.467. The van der Waals surface area contributed by atoms with Gasteiger partial charge >= 0.3 is 5.97 Å². The molecule has 2 heterocycles. The molecule has 2 N–H and O–H groups in total. The van der Waals surface area contributed by atoms with Gasteiger partial charge in [0.05, 0.1) is 17.4 Å². The molecule has 1 saturated carbocycles. The second kappa shape index (κ2) is 7.35. The van der Waals surface area contributed by atoms with Crippen LogP contribution in [0.15, 0.2) is 11.2 Å². The molecule has 1 fully saturated rings. The van der Waals surface area contributed by atoms with E-state index in [9.17, 15) is 9.59 Å². The molecular weight excluding hydrogens is 348 g/mol. The molecule has 1 aliphatic carbocycles. The number of nitrogens with one attached hydrogen (secondary N) is 2. The molecule has 9 heteroatoms. The number of aryl methyl sites for hydroxylation is 1. The van der Waals surface area contributed by atoms with E-state index in [2.05, 4.69) is 20.5 Å². The van der Waals surface area contributed by atoms with Crippen LogP contribution >= 0.6 is 23.1 Å². The summed E-state index contributed by atoms with van der Waals surface area (Å²) in [4.78, 5) is 28.7. The summed E-state index contributed by atoms with van der Waals surface area (Å²) in [6.07, 6.45) is 2.31. The SMILES string of the molecule is CCOC(=O)c1sc(NC(=O)CSc2n[nH]c(C3CC3)n2)cc1C. The van der Waals surface area contributed by atoms with Crippen LogP contribution in [0, 0.1) is 6.92 Å². The fourth-order valence-corrected chi connectivity index (χ4v) is 3.70. The van der Waals surface area contributed by atoms with E-state index in [1.807, 2.05) is 6.92 Å². The van der Waals surface area contributed by atoms with E-state index in [1.165, 1.54) is 23.1 Å². The second-order valence-electron chi connectivity index (χ2n) is 5.46. The number of amides is 1. The van der Waals surface area contributed by atoms with Gasteiger partial charge in [0.1, 0.15) is 10.7 Å². The van der Waals surface area contributed by atoms with E-state index in [-0.39, 0.29) is 17.6 Å². The molecule has 0 atom stereocenters. The van der Waals surface area contributed by atoms with Gasteiger partial charge in [0.15, 0.2) is 0 Å². The Morgan fingerprint density at radius 3 is 3.00 bits per heavy atom. The van der Waals surface area contributed by atoms with Crippen molar-refractivity contribution in [3.63, 3.8) is 0 Å². The smallest absolute Gasteiger partial charge is 0.348 e. The van der Waals surface area contributed by atoms with Gasteiger partial charge in [-0.15, -0.1) is 16.4 Å². The summed E-state index contributed by atoms with van der Waals surface area (Å²) in [5.74, 6) is 1.12. The number of carbonyl (C=O) groups excluding carboxylic acids is 2. The lowest BCUT2D eigenvalue weighted by Gasteiger charge is -2.00. The van der Waals surface area contributed by atoms with Crippen molar-refractivity contribution in [1.82, 2.24) is 15.2 Å². The number of ether oxygens (including phenoxy) is 1. The van der Waals surface area contributed by atoms with Gasteiger partial charge in [-0.25, -0.2) is 9.78 Å². The number of esters is 1. The van der Waals surface area contributed by atoms with E-state index >= 15 is 0 Å². The molecule has 0 spiro atoms. The van der Waals surface area contributed by atoms with Gasteiger partial charge in [0, 0.05) is 5.92 Å². The summed E-state index contributed by atoms with van der Waals surface area (Å²) in [6.45, 7) is 3.91. The highest BCUT2D eigenvalue weighted by Gasteiger charge is 2.27. The van der Waals surface area contributed by atoms with Crippen molar-refractivity contribution < 1.29 is 14.3 Å². The summed E-state index contributed by atoms with van der Waals surface area (Å²) in [5.41, 5.74) is 0.796. The number of thiophene rings is 1. The normalized spacial score (nSPS) is 13.8. The van der Waals surface area contributed by atoms with Crippen molar-refractivity contribution in [1.29, 1.82) is 0 Å². The molecule has 0 bridgehead atoms. The average molecular weight is 366 g/mol. The standard InChI is InChI=1S/C15H18N4O3S2/c1-3-22-14(21)12-8(2)6-11(24-12)16-10(20)7-23-15-17-13(18-19-15)9-4-5-9/h6,9H,3-5,7H2,1-2H3,(H,16,20)(H,17,18,19). The van der Waals surface area contributed by atoms with Crippen LogP contribution in [0.1, 0.15) is 46.7 Å². The van der Waals surface area contributed by atoms with Crippen molar-refractivity contribution in [2.75, 3.05) is 17.7 Å². The number of H-pyrrole nitrogens is 1. The molecule has 7 nitrogen and oxygen atoms in total. The van der Waals surface area contributed by atoms with Gasteiger partial charge in [0.2, 0.25) is 11.1 Å². The van der Waals surface area contributed by atoms with Crippen molar-refractivity contribution in [3.8, 4) is 0 Å². The van der Waals surface area contributed by atoms with Crippen molar-refractivity contribution in [2.24, 2.45) is 0 Å². The Morgan fingerprint density at radius 2 is 2.29 bits per heavy atom. The molecule has 2 aromatic heterocycles. The average Bonchev–Trinajstić information content (AvgIpc) is 3.17. The van der Waals surface area contributed by atoms with Crippen molar-refractivity contribution in [3.05, 3.63) is 22.3 Å². The Bertz CT molecular complexity index is 752. The molecule has 0 aliphatic heterocycles. The molecule has 128 valence electrons. The molecule has 0 saturated heterocycles. The number of anilines is 1. The van der Waals surface area contributed by atoms with Crippen LogP contribution < -0.4 is 5.32 Å². The Hall–Kier alpha value is -1.87. The van der Waals surface area contributed by atoms with E-state index in [0.717, 1.165) is 24.2 Å². The first-order valence-corrected chi connectivity index (χ1v) is 9.49. The van der Waals surface area contributed by atoms with Crippen LogP contribution in [-0.4, -0.2) is 39.4 Å². The maximum Gasteiger partial charge on any atom is 0.348 e. The summed E-state index contributed by atoms with van der Waals surface area (Å²) in [5, 5.41) is 11.0. The molecule has 1 amide bonds. The van der Waals surface area contributed by atoms with Gasteiger partial charge in [-0.1, -0.05) is 11.8 Å². The van der Waals surface area contributed by atoms with E-state index in [0.29, 0.717) is 27.6 Å². The van der Waals surface area contributed by atoms with Gasteiger partial charge in [-0.3, -0.25) is 9.89 Å². The van der Waals surface area contributed by atoms with Crippen molar-refractivity contribution >= 4 is 40.0 Å². The predicted octanol–water partition coefficient (Wildman–Crippen LogP) is 2.96. The number of carbonyl (C=O) groups is 2. The molecule has 24 heavy (non-hydrogen) atoms. The maximum absolute atomic E-state index is 12.0. The number of aromatic nitrogens is 3. The number of thioether (sulfide) groups is 1. The van der Waals surface area contributed by atoms with Gasteiger partial charge in [-0.2, -0.15) is 0 Å². The van der Waals surface area contributed by atoms with Crippen molar-refractivity contribution in [2.45, 2.75) is 37.8 Å². The van der Waals surface area contributed by atoms with E-state index in [1.54, 1.807) is 13.0 Å². The fourth-order valence-electron chi connectivity index (χ4n) is 2.11. The Labute approximate surface area is 147 Å². The van der Waals surface area contributed by atoms with Crippen LogP contribution in [0.2, 0.25) is 0 Å². The van der Waals surface area contributed by atoms with Crippen LogP contribution in [-0.2, 0) is 9.53 Å². The first-order chi connectivity index (χ1) is 11.6. The zero-order valence-corrected chi connectivity index (χ0v) is 15.1. The molecule has 2 aromatic rings. The summed E-state index contributed by atoms with van der Waals surface area (Å²) >= 11 is 2.51. The zero-order chi connectivity index (χ0) is 17.1. The molecule has 0 radical (unpaired) electrons. The van der Waals surface area contributed by atoms with Gasteiger partial charge in [0.25, 0.3) is 0 Å². The first kappa shape index (κ1) is 17.0. The van der Waals surface area contributed by atoms with Crippen LogP contribution in [0.25, 0.3) is 0 Å². The predicted molar refractivity (Wildman–Crippen MR) is 92.7 cm³/mol. The highest BCUT2D eigenvalue weighted by Crippen LogP contribution is 2.38. The van der Waals surface area contributed by atoms with Crippen LogP contribution in [0.3, 0.4) is 0 Å². The third-order valence-corrected chi connectivity index (χ3v) is 5.40. The lowest BCUT2D eigenvalue weighted by Crippen LogP contribution is -2.13. The Kier molecular flexibility index (Phi) is 5.20. The maximum atomic E-state index is 12.0. The Morgan fingerprint density at radius 1 is 1.50 bits per heavy atom. The molecule has 1 aliphatic rings. The first-order valence-electron chi connectivity index (χ1n) is 7.69. The third-order valence-electron chi connectivity index (χ3n) is 3.42. The van der Waals surface area contributed by atoms with E-state index in [4.69, 9.17) is 4.74 Å². The number of rotatable bonds is 7. The Balaban J connectivity index is 1.52. The topological polar surface area (TPSA) is 97.0 Å². The summed E-state index contributed by atoms with van der Waals surface area (Å²) in [7, 11) is 0. The summed E-state index contributed by atoms with van der Waals surface area (Å²) in [6, 6.07) is 1.78. The molecule has 0 aromatic carbocycles. The van der Waals surface area contributed by atoms with Gasteiger partial charge in [-0.05, 0) is 38.3 Å². The summed E-state index contributed by atoms with van der Waals surface area (Å²) < 4.78 is 4.99. The minimum atomic E-state index is -0.358. The lowest BCUT2D eigenvalue weighted by molar-refractivity contribution is -0.113. The van der Waals surface area contributed by atoms with Crippen LogP contribution in [0.5, 0.6) is 0 Å². The number of hydrogen-bond donors (Lipinski definition) is 2. The monoisotopic (exact) mass is 366 g/mol. The number of aromatic amines is 1. The lowest BCUT2D eigenvalue weighted by atomic mass is 10.3. The molecule has 3 rings (SSSR count). The minimum absolute atomic E-state index is 0.158. The van der Waals surface area contributed by atoms with E-state index < -0.39 is 0 Å². The number of nitrogens with zero attached hydrogens (tertiary/aromatic N) is 2. The largest absolute Gasteiger partial charge is 0.462 e. The third kappa shape index (κ3) is 4.15. The minimum Gasteiger partial charge on any atom is -0.462 e. The molecular formula is C15H18N4O3S2.